The number of halogens is 4. The molecular formula is C13H7ClF3N3. The monoisotopic (exact) mass is 297 g/mol. The van der Waals surface area contributed by atoms with Crippen molar-refractivity contribution < 1.29 is 13.2 Å². The summed E-state index contributed by atoms with van der Waals surface area (Å²) in [5.74, 6) is 0.117. The van der Waals surface area contributed by atoms with Gasteiger partial charge in [0.1, 0.15) is 5.82 Å². The van der Waals surface area contributed by atoms with Crippen molar-refractivity contribution in [2.75, 3.05) is 0 Å². The van der Waals surface area contributed by atoms with Crippen molar-refractivity contribution in [3.8, 4) is 11.4 Å². The summed E-state index contributed by atoms with van der Waals surface area (Å²) in [5.41, 5.74) is -0.353. The van der Waals surface area contributed by atoms with Crippen LogP contribution in [-0.2, 0) is 6.18 Å². The molecule has 0 amide bonds. The van der Waals surface area contributed by atoms with Gasteiger partial charge >= 0.3 is 6.18 Å². The molecule has 7 heteroatoms. The number of nitrogens with zero attached hydrogens (tertiary/aromatic N) is 3. The number of fused-ring (bicyclic) bond motifs is 1. The molecule has 102 valence electrons. The smallest absolute Gasteiger partial charge is 0.298 e. The molecule has 0 fully saturated rings. The zero-order valence-electron chi connectivity index (χ0n) is 9.89. The zero-order chi connectivity index (χ0) is 14.3. The Labute approximate surface area is 116 Å². The molecule has 0 radical (unpaired) electrons. The maximum atomic E-state index is 13.0. The van der Waals surface area contributed by atoms with Gasteiger partial charge in [-0.25, -0.2) is 4.98 Å². The summed E-state index contributed by atoms with van der Waals surface area (Å²) < 4.78 is 40.6. The van der Waals surface area contributed by atoms with E-state index in [1.54, 1.807) is 24.4 Å². The van der Waals surface area contributed by atoms with Gasteiger partial charge in [-0.2, -0.15) is 13.2 Å². The van der Waals surface area contributed by atoms with E-state index in [9.17, 15) is 13.2 Å². The third kappa shape index (κ3) is 2.02. The van der Waals surface area contributed by atoms with Gasteiger partial charge in [0.2, 0.25) is 0 Å². The lowest BCUT2D eigenvalue weighted by atomic mass is 10.1. The van der Waals surface area contributed by atoms with E-state index >= 15 is 0 Å². The van der Waals surface area contributed by atoms with Gasteiger partial charge in [-0.3, -0.25) is 9.38 Å². The van der Waals surface area contributed by atoms with Gasteiger partial charge in [-0.05, 0) is 18.2 Å². The van der Waals surface area contributed by atoms with Crippen molar-refractivity contribution in [3.63, 3.8) is 0 Å². The molecule has 0 spiro atoms. The average molecular weight is 298 g/mol. The van der Waals surface area contributed by atoms with E-state index in [4.69, 9.17) is 11.6 Å². The number of hydrogen-bond acceptors (Lipinski definition) is 2. The van der Waals surface area contributed by atoms with Crippen molar-refractivity contribution >= 4 is 17.1 Å². The molecule has 0 aliphatic carbocycles. The molecule has 0 aliphatic rings. The van der Waals surface area contributed by atoms with Crippen LogP contribution in [0.2, 0.25) is 5.15 Å². The first-order chi connectivity index (χ1) is 9.48. The summed E-state index contributed by atoms with van der Waals surface area (Å²) in [6, 6.07) is 6.04. The van der Waals surface area contributed by atoms with Gasteiger partial charge in [-0.15, -0.1) is 0 Å². The Balaban J connectivity index is 2.33. The first-order valence-corrected chi connectivity index (χ1v) is 6.00. The molecule has 0 saturated heterocycles. The quantitative estimate of drug-likeness (QED) is 0.678. The molecule has 0 bridgehead atoms. The Morgan fingerprint density at radius 1 is 1.15 bits per heavy atom. The summed E-state index contributed by atoms with van der Waals surface area (Å²) in [5, 5.41) is 0.151. The summed E-state index contributed by atoms with van der Waals surface area (Å²) in [6.45, 7) is 0. The van der Waals surface area contributed by atoms with Crippen molar-refractivity contribution in [3.05, 3.63) is 53.6 Å². The first kappa shape index (κ1) is 12.9. The highest BCUT2D eigenvalue weighted by Gasteiger charge is 2.34. The van der Waals surface area contributed by atoms with Crippen LogP contribution < -0.4 is 0 Å². The third-order valence-electron chi connectivity index (χ3n) is 2.87. The minimum absolute atomic E-state index is 0.104. The first-order valence-electron chi connectivity index (χ1n) is 5.62. The number of imidazole rings is 1. The summed E-state index contributed by atoms with van der Waals surface area (Å²) >= 11 is 5.96. The van der Waals surface area contributed by atoms with Crippen LogP contribution in [-0.4, -0.2) is 14.4 Å². The van der Waals surface area contributed by atoms with Gasteiger partial charge in [0, 0.05) is 24.2 Å². The molecule has 0 aromatic carbocycles. The highest BCUT2D eigenvalue weighted by atomic mass is 35.5. The lowest BCUT2D eigenvalue weighted by molar-refractivity contribution is -0.137. The molecule has 0 unspecified atom stereocenters. The average Bonchev–Trinajstić information content (AvgIpc) is 2.76. The minimum atomic E-state index is -4.48. The van der Waals surface area contributed by atoms with Gasteiger partial charge < -0.3 is 0 Å². The molecule has 0 N–H and O–H groups in total. The van der Waals surface area contributed by atoms with E-state index in [0.717, 1.165) is 18.5 Å². The van der Waals surface area contributed by atoms with Gasteiger partial charge in [0.25, 0.3) is 0 Å². The van der Waals surface area contributed by atoms with Gasteiger partial charge in [0.05, 0.1) is 11.1 Å². The van der Waals surface area contributed by atoms with Crippen molar-refractivity contribution in [1.29, 1.82) is 0 Å². The van der Waals surface area contributed by atoms with Crippen LogP contribution in [0.4, 0.5) is 13.2 Å². The van der Waals surface area contributed by atoms with Crippen LogP contribution in [0.15, 0.2) is 42.9 Å². The topological polar surface area (TPSA) is 30.2 Å². The van der Waals surface area contributed by atoms with Crippen LogP contribution >= 0.6 is 11.6 Å². The number of hydrogen-bond donors (Lipinski definition) is 0. The van der Waals surface area contributed by atoms with Crippen LogP contribution in [0.1, 0.15) is 5.56 Å². The molecule has 20 heavy (non-hydrogen) atoms. The normalized spacial score (nSPS) is 12.0. The van der Waals surface area contributed by atoms with E-state index in [2.05, 4.69) is 9.97 Å². The van der Waals surface area contributed by atoms with Crippen molar-refractivity contribution in [2.24, 2.45) is 0 Å². The van der Waals surface area contributed by atoms with E-state index in [0.29, 0.717) is 5.52 Å². The Kier molecular flexibility index (Phi) is 2.90. The lowest BCUT2D eigenvalue weighted by Crippen LogP contribution is -2.08. The second kappa shape index (κ2) is 4.49. The van der Waals surface area contributed by atoms with Gasteiger partial charge in [-0.1, -0.05) is 17.7 Å². The van der Waals surface area contributed by atoms with Crippen LogP contribution in [0.3, 0.4) is 0 Å². The maximum absolute atomic E-state index is 13.0. The van der Waals surface area contributed by atoms with E-state index in [1.807, 2.05) is 0 Å². The number of pyridine rings is 2. The van der Waals surface area contributed by atoms with Crippen LogP contribution in [0, 0.1) is 0 Å². The van der Waals surface area contributed by atoms with Gasteiger partial charge in [0.15, 0.2) is 5.15 Å². The zero-order valence-corrected chi connectivity index (χ0v) is 10.7. The Hall–Kier alpha value is -2.08. The van der Waals surface area contributed by atoms with E-state index in [-0.39, 0.29) is 16.5 Å². The van der Waals surface area contributed by atoms with Crippen LogP contribution in [0.25, 0.3) is 16.9 Å². The van der Waals surface area contributed by atoms with E-state index in [1.165, 1.54) is 4.40 Å². The highest BCUT2D eigenvalue weighted by molar-refractivity contribution is 6.32. The molecule has 3 nitrogen and oxygen atoms in total. The molecule has 3 aromatic rings. The predicted octanol–water partition coefficient (Wildman–Crippen LogP) is 4.07. The molecule has 3 heterocycles. The molecule has 0 saturated carbocycles. The van der Waals surface area contributed by atoms with Crippen molar-refractivity contribution in [2.45, 2.75) is 6.18 Å². The molecular weight excluding hydrogens is 291 g/mol. The molecule has 3 aromatic heterocycles. The summed E-state index contributed by atoms with van der Waals surface area (Å²) in [6.07, 6.45) is -0.632. The minimum Gasteiger partial charge on any atom is -0.298 e. The fourth-order valence-electron chi connectivity index (χ4n) is 2.01. The summed E-state index contributed by atoms with van der Waals surface area (Å²) in [7, 11) is 0. The lowest BCUT2D eigenvalue weighted by Gasteiger charge is -2.11. The largest absolute Gasteiger partial charge is 0.417 e. The fourth-order valence-corrected chi connectivity index (χ4v) is 2.24. The molecule has 0 atom stereocenters. The molecule has 0 aliphatic heterocycles. The second-order valence-corrected chi connectivity index (χ2v) is 4.46. The Bertz CT molecular complexity index is 780. The number of aromatic nitrogens is 3. The second-order valence-electron chi connectivity index (χ2n) is 4.10. The highest BCUT2D eigenvalue weighted by Crippen LogP contribution is 2.37. The third-order valence-corrected chi connectivity index (χ3v) is 3.15. The van der Waals surface area contributed by atoms with E-state index < -0.39 is 11.7 Å². The molecule has 3 rings (SSSR count). The standard InChI is InChI=1S/C13H7ClF3N3/c14-11-10-3-1-2-6-20(10)12(19-11)8-7-18-5-4-9(8)13(15,16)17/h1-7H. The number of alkyl halides is 3. The summed E-state index contributed by atoms with van der Waals surface area (Å²) in [4.78, 5) is 7.78. The maximum Gasteiger partial charge on any atom is 0.417 e. The van der Waals surface area contributed by atoms with Crippen molar-refractivity contribution in [1.82, 2.24) is 14.4 Å². The Morgan fingerprint density at radius 3 is 2.70 bits per heavy atom. The predicted molar refractivity (Wildman–Crippen MR) is 68.4 cm³/mol. The fraction of sp³-hybridized carbons (Fsp3) is 0.0769. The number of rotatable bonds is 1. The Morgan fingerprint density at radius 2 is 1.95 bits per heavy atom. The van der Waals surface area contributed by atoms with Crippen LogP contribution in [0.5, 0.6) is 0 Å². The SMILES string of the molecule is FC(F)(F)c1ccncc1-c1nc(Cl)c2ccccn12.